The molecule has 1 heterocycles. The molecular formula is C17H25N5. The lowest BCUT2D eigenvalue weighted by Gasteiger charge is -2.14. The lowest BCUT2D eigenvalue weighted by Crippen LogP contribution is -2.18. The van der Waals surface area contributed by atoms with Gasteiger partial charge in [-0.1, -0.05) is 44.4 Å². The van der Waals surface area contributed by atoms with Crippen LogP contribution in [0.1, 0.15) is 45.4 Å². The fraction of sp³-hybridized carbons (Fsp3) is 0.471. The number of aromatic nitrogens is 3. The Hall–Kier alpha value is -2.17. The minimum absolute atomic E-state index is 0.359. The van der Waals surface area contributed by atoms with E-state index in [0.29, 0.717) is 23.8 Å². The van der Waals surface area contributed by atoms with Crippen LogP contribution in [0.4, 0.5) is 17.6 Å². The van der Waals surface area contributed by atoms with Crippen molar-refractivity contribution < 1.29 is 0 Å². The molecule has 0 amide bonds. The first kappa shape index (κ1) is 16.2. The molecule has 5 heteroatoms. The Morgan fingerprint density at radius 2 is 1.73 bits per heavy atom. The number of hydrogen-bond acceptors (Lipinski definition) is 5. The largest absolute Gasteiger partial charge is 0.352 e. The zero-order valence-electron chi connectivity index (χ0n) is 13.6. The van der Waals surface area contributed by atoms with Crippen LogP contribution in [0.2, 0.25) is 0 Å². The minimum Gasteiger partial charge on any atom is -0.352 e. The van der Waals surface area contributed by atoms with Crippen molar-refractivity contribution >= 4 is 17.6 Å². The number of rotatable bonds is 8. The van der Waals surface area contributed by atoms with Crippen LogP contribution in [0.25, 0.3) is 0 Å². The second kappa shape index (κ2) is 8.32. The summed E-state index contributed by atoms with van der Waals surface area (Å²) in [6.07, 6.45) is 4.86. The van der Waals surface area contributed by atoms with Crippen molar-refractivity contribution in [1.82, 2.24) is 15.0 Å². The van der Waals surface area contributed by atoms with Gasteiger partial charge in [0.05, 0.1) is 0 Å². The third-order valence-electron chi connectivity index (χ3n) is 3.39. The molecule has 0 aliphatic carbocycles. The molecule has 0 radical (unpaired) electrons. The van der Waals surface area contributed by atoms with Gasteiger partial charge in [0.25, 0.3) is 0 Å². The van der Waals surface area contributed by atoms with Gasteiger partial charge in [-0.05, 0) is 32.4 Å². The van der Waals surface area contributed by atoms with Gasteiger partial charge in [0.15, 0.2) is 0 Å². The third kappa shape index (κ3) is 5.31. The van der Waals surface area contributed by atoms with Gasteiger partial charge in [0.2, 0.25) is 11.9 Å². The molecule has 0 saturated carbocycles. The lowest BCUT2D eigenvalue weighted by atomic mass is 10.1. The molecular weight excluding hydrogens is 274 g/mol. The van der Waals surface area contributed by atoms with Gasteiger partial charge >= 0.3 is 0 Å². The zero-order chi connectivity index (χ0) is 15.8. The minimum atomic E-state index is 0.359. The summed E-state index contributed by atoms with van der Waals surface area (Å²) >= 11 is 0. The van der Waals surface area contributed by atoms with Crippen molar-refractivity contribution in [1.29, 1.82) is 0 Å². The van der Waals surface area contributed by atoms with Gasteiger partial charge in [-0.3, -0.25) is 0 Å². The molecule has 2 aromatic rings. The molecule has 5 nitrogen and oxygen atoms in total. The van der Waals surface area contributed by atoms with Crippen molar-refractivity contribution in [2.24, 2.45) is 0 Å². The molecule has 0 aliphatic rings. The summed E-state index contributed by atoms with van der Waals surface area (Å²) < 4.78 is 0. The standard InChI is InChI=1S/C17H25N5/c1-4-5-7-10-13(2)18-16-19-14(3)20-17(22-16)21-15-11-8-6-9-12-15/h6,8-9,11-13H,4-5,7,10H2,1-3H3,(H2,18,19,20,21,22)/t13-/m0/s1. The van der Waals surface area contributed by atoms with Crippen LogP contribution in [-0.4, -0.2) is 21.0 Å². The van der Waals surface area contributed by atoms with E-state index in [2.05, 4.69) is 39.4 Å². The summed E-state index contributed by atoms with van der Waals surface area (Å²) in [5, 5.41) is 6.57. The van der Waals surface area contributed by atoms with Crippen LogP contribution < -0.4 is 10.6 Å². The monoisotopic (exact) mass is 299 g/mol. The molecule has 2 N–H and O–H groups in total. The molecule has 1 aromatic heterocycles. The lowest BCUT2D eigenvalue weighted by molar-refractivity contribution is 0.611. The van der Waals surface area contributed by atoms with Crippen LogP contribution >= 0.6 is 0 Å². The van der Waals surface area contributed by atoms with Gasteiger partial charge in [0, 0.05) is 11.7 Å². The number of aryl methyl sites for hydroxylation is 1. The van der Waals surface area contributed by atoms with Crippen LogP contribution in [0.15, 0.2) is 30.3 Å². The summed E-state index contributed by atoms with van der Waals surface area (Å²) in [4.78, 5) is 13.2. The Bertz CT molecular complexity index is 571. The second-order valence-electron chi connectivity index (χ2n) is 5.56. The van der Waals surface area contributed by atoms with Crippen LogP contribution in [0.5, 0.6) is 0 Å². The van der Waals surface area contributed by atoms with E-state index in [0.717, 1.165) is 12.1 Å². The molecule has 118 valence electrons. The molecule has 0 bridgehead atoms. The molecule has 1 aromatic carbocycles. The molecule has 0 saturated heterocycles. The highest BCUT2D eigenvalue weighted by molar-refractivity contribution is 5.53. The Kier molecular flexibility index (Phi) is 6.13. The topological polar surface area (TPSA) is 62.7 Å². The Morgan fingerprint density at radius 1 is 1.00 bits per heavy atom. The number of para-hydroxylation sites is 1. The summed E-state index contributed by atoms with van der Waals surface area (Å²) in [6.45, 7) is 6.26. The van der Waals surface area contributed by atoms with E-state index in [-0.39, 0.29) is 0 Å². The van der Waals surface area contributed by atoms with Crippen molar-refractivity contribution in [3.63, 3.8) is 0 Å². The van der Waals surface area contributed by atoms with Crippen molar-refractivity contribution in [3.05, 3.63) is 36.2 Å². The van der Waals surface area contributed by atoms with E-state index >= 15 is 0 Å². The van der Waals surface area contributed by atoms with E-state index in [4.69, 9.17) is 0 Å². The molecule has 0 unspecified atom stereocenters. The maximum Gasteiger partial charge on any atom is 0.232 e. The zero-order valence-corrected chi connectivity index (χ0v) is 13.6. The Balaban J connectivity index is 2.00. The van der Waals surface area contributed by atoms with E-state index in [1.807, 2.05) is 37.3 Å². The highest BCUT2D eigenvalue weighted by Gasteiger charge is 2.07. The van der Waals surface area contributed by atoms with Gasteiger partial charge < -0.3 is 10.6 Å². The van der Waals surface area contributed by atoms with Gasteiger partial charge in [-0.15, -0.1) is 0 Å². The average molecular weight is 299 g/mol. The number of anilines is 3. The summed E-state index contributed by atoms with van der Waals surface area (Å²) in [6, 6.07) is 10.3. The van der Waals surface area contributed by atoms with Crippen molar-refractivity contribution in [2.45, 2.75) is 52.5 Å². The van der Waals surface area contributed by atoms with E-state index < -0.39 is 0 Å². The third-order valence-corrected chi connectivity index (χ3v) is 3.39. The van der Waals surface area contributed by atoms with Gasteiger partial charge in [-0.2, -0.15) is 15.0 Å². The number of nitrogens with zero attached hydrogens (tertiary/aromatic N) is 3. The molecule has 22 heavy (non-hydrogen) atoms. The highest BCUT2D eigenvalue weighted by atomic mass is 15.2. The molecule has 2 rings (SSSR count). The fourth-order valence-corrected chi connectivity index (χ4v) is 2.25. The predicted molar refractivity (Wildman–Crippen MR) is 91.5 cm³/mol. The maximum absolute atomic E-state index is 4.45. The van der Waals surface area contributed by atoms with Crippen molar-refractivity contribution in [2.75, 3.05) is 10.6 Å². The average Bonchev–Trinajstić information content (AvgIpc) is 2.48. The quantitative estimate of drug-likeness (QED) is 0.711. The smallest absolute Gasteiger partial charge is 0.232 e. The summed E-state index contributed by atoms with van der Waals surface area (Å²) in [5.41, 5.74) is 0.968. The number of benzene rings is 1. The predicted octanol–water partition coefficient (Wildman–Crippen LogP) is 4.30. The molecule has 0 fully saturated rings. The first-order valence-corrected chi connectivity index (χ1v) is 7.98. The van der Waals surface area contributed by atoms with Crippen LogP contribution in [-0.2, 0) is 0 Å². The SMILES string of the molecule is CCCCC[C@H](C)Nc1nc(C)nc(Nc2ccccc2)n1. The first-order valence-electron chi connectivity index (χ1n) is 7.98. The molecule has 1 atom stereocenters. The number of hydrogen-bond donors (Lipinski definition) is 2. The second-order valence-corrected chi connectivity index (χ2v) is 5.56. The van der Waals surface area contributed by atoms with E-state index in [1.165, 1.54) is 19.3 Å². The maximum atomic E-state index is 4.45. The van der Waals surface area contributed by atoms with Gasteiger partial charge in [0.1, 0.15) is 5.82 Å². The molecule has 0 spiro atoms. The normalized spacial score (nSPS) is 12.0. The highest BCUT2D eigenvalue weighted by Crippen LogP contribution is 2.14. The van der Waals surface area contributed by atoms with Gasteiger partial charge in [-0.25, -0.2) is 0 Å². The first-order chi connectivity index (χ1) is 10.7. The Morgan fingerprint density at radius 3 is 2.45 bits per heavy atom. The van der Waals surface area contributed by atoms with E-state index in [9.17, 15) is 0 Å². The summed E-state index contributed by atoms with van der Waals surface area (Å²) in [5.74, 6) is 1.91. The molecule has 0 aliphatic heterocycles. The van der Waals surface area contributed by atoms with E-state index in [1.54, 1.807) is 0 Å². The van der Waals surface area contributed by atoms with Crippen LogP contribution in [0.3, 0.4) is 0 Å². The summed E-state index contributed by atoms with van der Waals surface area (Å²) in [7, 11) is 0. The van der Waals surface area contributed by atoms with Crippen molar-refractivity contribution in [3.8, 4) is 0 Å². The van der Waals surface area contributed by atoms with Crippen LogP contribution in [0, 0.1) is 6.92 Å². The number of unbranched alkanes of at least 4 members (excludes halogenated alkanes) is 2. The number of nitrogens with one attached hydrogen (secondary N) is 2. The fourth-order valence-electron chi connectivity index (χ4n) is 2.25. The Labute approximate surface area is 132 Å².